The first kappa shape index (κ1) is 7.79. The molecule has 1 aromatic carbocycles. The van der Waals surface area contributed by atoms with Gasteiger partial charge in [0.1, 0.15) is 6.29 Å². The molecule has 58 valence electrons. The highest BCUT2D eigenvalue weighted by Crippen LogP contribution is 2.13. The van der Waals surface area contributed by atoms with Crippen LogP contribution in [0.25, 0.3) is 0 Å². The summed E-state index contributed by atoms with van der Waals surface area (Å²) in [5.41, 5.74) is 8.13. The largest absolute Gasteiger partial charge is 0.399 e. The van der Waals surface area contributed by atoms with Crippen LogP contribution in [-0.4, -0.2) is 6.29 Å². The zero-order valence-electron chi connectivity index (χ0n) is 6.50. The van der Waals surface area contributed by atoms with Crippen molar-refractivity contribution < 1.29 is 4.79 Å². The molecule has 0 aromatic heterocycles. The monoisotopic (exact) mass is 149 g/mol. The Bertz CT molecular complexity index is 268. The number of aldehydes is 1. The average molecular weight is 149 g/mol. The third-order valence-corrected chi connectivity index (χ3v) is 1.68. The van der Waals surface area contributed by atoms with Crippen molar-refractivity contribution in [2.24, 2.45) is 0 Å². The summed E-state index contributed by atoms with van der Waals surface area (Å²) in [4.78, 5) is 10.3. The summed E-state index contributed by atoms with van der Waals surface area (Å²) in [6, 6.07) is 5.31. The second-order valence-electron chi connectivity index (χ2n) is 2.43. The number of aryl methyl sites for hydroxylation is 1. The van der Waals surface area contributed by atoms with E-state index in [-0.39, 0.29) is 0 Å². The van der Waals surface area contributed by atoms with Crippen molar-refractivity contribution in [2.45, 2.75) is 13.3 Å². The molecule has 0 aliphatic carbocycles. The summed E-state index contributed by atoms with van der Waals surface area (Å²) in [5.74, 6) is 0. The number of anilines is 1. The maximum atomic E-state index is 10.3. The Morgan fingerprint density at radius 1 is 1.55 bits per heavy atom. The van der Waals surface area contributed by atoms with Crippen LogP contribution in [0.3, 0.4) is 0 Å². The maximum Gasteiger partial charge on any atom is 0.150 e. The van der Waals surface area contributed by atoms with E-state index in [9.17, 15) is 4.79 Å². The standard InChI is InChI=1S/C9H11NO/c1-2-8-5-7(6-11)3-4-9(8)10/h3-6H,2,10H2,1H3. The van der Waals surface area contributed by atoms with Gasteiger partial charge in [0.05, 0.1) is 0 Å². The van der Waals surface area contributed by atoms with E-state index in [0.29, 0.717) is 5.56 Å². The van der Waals surface area contributed by atoms with Crippen LogP contribution in [0, 0.1) is 0 Å². The summed E-state index contributed by atoms with van der Waals surface area (Å²) in [6.45, 7) is 2.01. The molecule has 0 saturated carbocycles. The minimum atomic E-state index is 0.691. The number of benzene rings is 1. The fourth-order valence-electron chi connectivity index (χ4n) is 1.01. The van der Waals surface area contributed by atoms with Crippen molar-refractivity contribution in [3.63, 3.8) is 0 Å². The highest BCUT2D eigenvalue weighted by atomic mass is 16.1. The maximum absolute atomic E-state index is 10.3. The van der Waals surface area contributed by atoms with Gasteiger partial charge in [-0.25, -0.2) is 0 Å². The van der Waals surface area contributed by atoms with E-state index >= 15 is 0 Å². The molecule has 1 rings (SSSR count). The Balaban J connectivity index is 3.12. The van der Waals surface area contributed by atoms with Crippen molar-refractivity contribution in [3.05, 3.63) is 29.3 Å². The van der Waals surface area contributed by atoms with E-state index in [1.165, 1.54) is 0 Å². The molecule has 0 atom stereocenters. The van der Waals surface area contributed by atoms with Crippen molar-refractivity contribution >= 4 is 12.0 Å². The fraction of sp³-hybridized carbons (Fsp3) is 0.222. The third-order valence-electron chi connectivity index (χ3n) is 1.68. The lowest BCUT2D eigenvalue weighted by Crippen LogP contribution is -1.93. The van der Waals surface area contributed by atoms with Gasteiger partial charge in [0, 0.05) is 11.3 Å². The van der Waals surface area contributed by atoms with Gasteiger partial charge in [0.25, 0.3) is 0 Å². The highest BCUT2D eigenvalue weighted by molar-refractivity contribution is 5.76. The van der Waals surface area contributed by atoms with Crippen molar-refractivity contribution in [1.29, 1.82) is 0 Å². The van der Waals surface area contributed by atoms with E-state index in [1.54, 1.807) is 12.1 Å². The van der Waals surface area contributed by atoms with Crippen molar-refractivity contribution in [2.75, 3.05) is 5.73 Å². The molecule has 0 saturated heterocycles. The summed E-state index contributed by atoms with van der Waals surface area (Å²) in [5, 5.41) is 0. The molecule has 0 spiro atoms. The van der Waals surface area contributed by atoms with E-state index in [2.05, 4.69) is 0 Å². The van der Waals surface area contributed by atoms with Gasteiger partial charge in [0.15, 0.2) is 0 Å². The fourth-order valence-corrected chi connectivity index (χ4v) is 1.01. The Morgan fingerprint density at radius 3 is 2.82 bits per heavy atom. The van der Waals surface area contributed by atoms with E-state index in [1.807, 2.05) is 13.0 Å². The Kier molecular flexibility index (Phi) is 2.26. The van der Waals surface area contributed by atoms with Gasteiger partial charge in [-0.3, -0.25) is 4.79 Å². The smallest absolute Gasteiger partial charge is 0.150 e. The molecule has 0 fully saturated rings. The summed E-state index contributed by atoms with van der Waals surface area (Å²) >= 11 is 0. The Morgan fingerprint density at radius 2 is 2.27 bits per heavy atom. The molecule has 1 aromatic rings. The Hall–Kier alpha value is -1.31. The van der Waals surface area contributed by atoms with Crippen LogP contribution in [0.4, 0.5) is 5.69 Å². The van der Waals surface area contributed by atoms with E-state index in [4.69, 9.17) is 5.73 Å². The zero-order chi connectivity index (χ0) is 8.27. The summed E-state index contributed by atoms with van der Waals surface area (Å²) in [7, 11) is 0. The van der Waals surface area contributed by atoms with Crippen LogP contribution >= 0.6 is 0 Å². The first-order valence-corrected chi connectivity index (χ1v) is 3.61. The molecule has 0 bridgehead atoms. The lowest BCUT2D eigenvalue weighted by Gasteiger charge is -2.01. The van der Waals surface area contributed by atoms with Crippen LogP contribution in [0.5, 0.6) is 0 Å². The lowest BCUT2D eigenvalue weighted by molar-refractivity contribution is 0.112. The van der Waals surface area contributed by atoms with Crippen LogP contribution in [0.2, 0.25) is 0 Å². The predicted octanol–water partition coefficient (Wildman–Crippen LogP) is 1.64. The second kappa shape index (κ2) is 3.19. The molecule has 0 amide bonds. The van der Waals surface area contributed by atoms with Crippen LogP contribution < -0.4 is 5.73 Å². The van der Waals surface area contributed by atoms with Crippen molar-refractivity contribution in [1.82, 2.24) is 0 Å². The summed E-state index contributed by atoms with van der Waals surface area (Å²) in [6.07, 6.45) is 1.70. The molecule has 0 aliphatic rings. The molecular formula is C9H11NO. The van der Waals surface area contributed by atoms with Gasteiger partial charge in [0.2, 0.25) is 0 Å². The molecule has 11 heavy (non-hydrogen) atoms. The van der Waals surface area contributed by atoms with Gasteiger partial charge in [-0.1, -0.05) is 6.92 Å². The van der Waals surface area contributed by atoms with Gasteiger partial charge < -0.3 is 5.73 Å². The third kappa shape index (κ3) is 1.58. The SMILES string of the molecule is CCc1cc(C=O)ccc1N. The molecule has 0 radical (unpaired) electrons. The number of carbonyl (C=O) groups excluding carboxylic acids is 1. The number of rotatable bonds is 2. The minimum absolute atomic E-state index is 0.691. The quantitative estimate of drug-likeness (QED) is 0.513. The lowest BCUT2D eigenvalue weighted by atomic mass is 10.1. The first-order valence-electron chi connectivity index (χ1n) is 3.61. The number of hydrogen-bond donors (Lipinski definition) is 1. The van der Waals surface area contributed by atoms with E-state index < -0.39 is 0 Å². The number of nitrogens with two attached hydrogens (primary N) is 1. The van der Waals surface area contributed by atoms with Crippen molar-refractivity contribution in [3.8, 4) is 0 Å². The molecule has 0 unspecified atom stereocenters. The molecule has 0 heterocycles. The van der Waals surface area contributed by atoms with Gasteiger partial charge in [-0.2, -0.15) is 0 Å². The predicted molar refractivity (Wildman–Crippen MR) is 45.6 cm³/mol. The first-order chi connectivity index (χ1) is 5.27. The average Bonchev–Trinajstić information content (AvgIpc) is 2.05. The van der Waals surface area contributed by atoms with Crippen LogP contribution in [0.1, 0.15) is 22.8 Å². The zero-order valence-corrected chi connectivity index (χ0v) is 6.50. The van der Waals surface area contributed by atoms with Crippen LogP contribution in [0.15, 0.2) is 18.2 Å². The molecular weight excluding hydrogens is 138 g/mol. The Labute approximate surface area is 66.0 Å². The molecule has 0 aliphatic heterocycles. The summed E-state index contributed by atoms with van der Waals surface area (Å²) < 4.78 is 0. The molecule has 2 nitrogen and oxygen atoms in total. The highest BCUT2D eigenvalue weighted by Gasteiger charge is 1.96. The van der Waals surface area contributed by atoms with Gasteiger partial charge >= 0.3 is 0 Å². The van der Waals surface area contributed by atoms with E-state index in [0.717, 1.165) is 24.0 Å². The minimum Gasteiger partial charge on any atom is -0.399 e. The topological polar surface area (TPSA) is 43.1 Å². The normalized spacial score (nSPS) is 9.55. The number of carbonyl (C=O) groups is 1. The van der Waals surface area contributed by atoms with Crippen LogP contribution in [-0.2, 0) is 6.42 Å². The number of nitrogen functional groups attached to an aromatic ring is 1. The number of hydrogen-bond acceptors (Lipinski definition) is 2. The van der Waals surface area contributed by atoms with Gasteiger partial charge in [-0.05, 0) is 30.2 Å². The van der Waals surface area contributed by atoms with Gasteiger partial charge in [-0.15, -0.1) is 0 Å². The molecule has 2 N–H and O–H groups in total. The molecule has 2 heteroatoms. The second-order valence-corrected chi connectivity index (χ2v) is 2.43.